The maximum absolute atomic E-state index is 12.7. The standard InChI is InChI=1S/C20H27N3O3S/c1-4-23(5-2)16-10-8-15(9-11-16)21-19(24)17(12-14-27-3)22-20(25)18-7-6-13-26-18/h6-11,13,17H,4-5,12,14H2,1-3H3,(H,21,24)(H,22,25). The van der Waals surface area contributed by atoms with Crippen LogP contribution in [0, 0.1) is 0 Å². The fourth-order valence-corrected chi connectivity index (χ4v) is 3.19. The van der Waals surface area contributed by atoms with E-state index < -0.39 is 11.9 Å². The molecule has 0 saturated heterocycles. The van der Waals surface area contributed by atoms with Gasteiger partial charge in [0.15, 0.2) is 5.76 Å². The number of hydrogen-bond donors (Lipinski definition) is 2. The van der Waals surface area contributed by atoms with Crippen LogP contribution in [0.3, 0.4) is 0 Å². The Balaban J connectivity index is 2.03. The van der Waals surface area contributed by atoms with E-state index in [2.05, 4.69) is 29.4 Å². The largest absolute Gasteiger partial charge is 0.459 e. The monoisotopic (exact) mass is 389 g/mol. The number of rotatable bonds is 10. The van der Waals surface area contributed by atoms with E-state index in [1.807, 2.05) is 30.5 Å². The van der Waals surface area contributed by atoms with Crippen molar-refractivity contribution in [3.05, 3.63) is 48.4 Å². The van der Waals surface area contributed by atoms with Crippen molar-refractivity contribution in [2.24, 2.45) is 0 Å². The molecule has 0 aliphatic heterocycles. The topological polar surface area (TPSA) is 74.6 Å². The molecule has 27 heavy (non-hydrogen) atoms. The lowest BCUT2D eigenvalue weighted by Gasteiger charge is -2.21. The van der Waals surface area contributed by atoms with E-state index in [0.717, 1.165) is 24.5 Å². The van der Waals surface area contributed by atoms with Gasteiger partial charge in [0, 0.05) is 24.5 Å². The van der Waals surface area contributed by atoms with Crippen LogP contribution in [0.15, 0.2) is 47.1 Å². The molecule has 0 spiro atoms. The molecule has 0 fully saturated rings. The Morgan fingerprint density at radius 1 is 1.15 bits per heavy atom. The smallest absolute Gasteiger partial charge is 0.287 e. The van der Waals surface area contributed by atoms with Crippen molar-refractivity contribution in [1.29, 1.82) is 0 Å². The number of amides is 2. The number of hydrogen-bond acceptors (Lipinski definition) is 5. The molecule has 6 nitrogen and oxygen atoms in total. The average molecular weight is 390 g/mol. The first-order chi connectivity index (χ1) is 13.1. The predicted octanol–water partition coefficient (Wildman–Crippen LogP) is 3.62. The second-order valence-corrected chi connectivity index (χ2v) is 6.98. The third-order valence-electron chi connectivity index (χ3n) is 4.24. The zero-order chi connectivity index (χ0) is 19.6. The van der Waals surface area contributed by atoms with Gasteiger partial charge in [-0.3, -0.25) is 9.59 Å². The number of nitrogens with zero attached hydrogens (tertiary/aromatic N) is 1. The van der Waals surface area contributed by atoms with Gasteiger partial charge >= 0.3 is 0 Å². The summed E-state index contributed by atoms with van der Waals surface area (Å²) in [7, 11) is 0. The molecule has 0 aliphatic rings. The first kappa shape index (κ1) is 20.9. The van der Waals surface area contributed by atoms with Crippen molar-refractivity contribution < 1.29 is 14.0 Å². The van der Waals surface area contributed by atoms with Gasteiger partial charge in [-0.1, -0.05) is 0 Å². The molecule has 2 aromatic rings. The summed E-state index contributed by atoms with van der Waals surface area (Å²) < 4.78 is 5.10. The van der Waals surface area contributed by atoms with Gasteiger partial charge in [-0.05, 0) is 68.7 Å². The molecular formula is C20H27N3O3S. The maximum atomic E-state index is 12.7. The van der Waals surface area contributed by atoms with E-state index in [-0.39, 0.29) is 11.7 Å². The zero-order valence-electron chi connectivity index (χ0n) is 16.0. The summed E-state index contributed by atoms with van der Waals surface area (Å²) in [4.78, 5) is 27.1. The van der Waals surface area contributed by atoms with Crippen LogP contribution in [0.1, 0.15) is 30.8 Å². The van der Waals surface area contributed by atoms with Crippen LogP contribution in [0.4, 0.5) is 11.4 Å². The summed E-state index contributed by atoms with van der Waals surface area (Å²) in [5.41, 5.74) is 1.82. The van der Waals surface area contributed by atoms with Crippen LogP contribution >= 0.6 is 11.8 Å². The van der Waals surface area contributed by atoms with Gasteiger partial charge in [-0.15, -0.1) is 0 Å². The van der Waals surface area contributed by atoms with Crippen molar-refractivity contribution >= 4 is 35.0 Å². The molecule has 0 aliphatic carbocycles. The Hall–Kier alpha value is -2.41. The molecule has 1 aromatic heterocycles. The fourth-order valence-electron chi connectivity index (χ4n) is 2.72. The number of carbonyl (C=O) groups excluding carboxylic acids is 2. The highest BCUT2D eigenvalue weighted by Gasteiger charge is 2.22. The van der Waals surface area contributed by atoms with Crippen molar-refractivity contribution in [3.8, 4) is 0 Å². The van der Waals surface area contributed by atoms with Crippen LogP contribution in [-0.4, -0.2) is 43.0 Å². The van der Waals surface area contributed by atoms with Crippen LogP contribution in [-0.2, 0) is 4.79 Å². The average Bonchev–Trinajstić information content (AvgIpc) is 3.22. The van der Waals surface area contributed by atoms with Crippen LogP contribution in [0.5, 0.6) is 0 Å². The zero-order valence-corrected chi connectivity index (χ0v) is 16.8. The van der Waals surface area contributed by atoms with E-state index in [9.17, 15) is 9.59 Å². The summed E-state index contributed by atoms with van der Waals surface area (Å²) in [5, 5.41) is 5.65. The number of nitrogens with one attached hydrogen (secondary N) is 2. The minimum absolute atomic E-state index is 0.195. The molecule has 146 valence electrons. The summed E-state index contributed by atoms with van der Waals surface area (Å²) in [6.07, 6.45) is 3.94. The summed E-state index contributed by atoms with van der Waals surface area (Å²) in [6.45, 7) is 6.07. The molecule has 1 aromatic carbocycles. The highest BCUT2D eigenvalue weighted by atomic mass is 32.2. The van der Waals surface area contributed by atoms with Crippen LogP contribution < -0.4 is 15.5 Å². The summed E-state index contributed by atoms with van der Waals surface area (Å²) in [6, 6.07) is 10.3. The summed E-state index contributed by atoms with van der Waals surface area (Å²) >= 11 is 1.63. The molecule has 1 atom stereocenters. The van der Waals surface area contributed by atoms with Crippen LogP contribution in [0.25, 0.3) is 0 Å². The Morgan fingerprint density at radius 2 is 1.85 bits per heavy atom. The van der Waals surface area contributed by atoms with Crippen molar-refractivity contribution in [3.63, 3.8) is 0 Å². The van der Waals surface area contributed by atoms with E-state index >= 15 is 0 Å². The predicted molar refractivity (Wildman–Crippen MR) is 112 cm³/mol. The lowest BCUT2D eigenvalue weighted by atomic mass is 10.2. The fraction of sp³-hybridized carbons (Fsp3) is 0.400. The molecule has 2 N–H and O–H groups in total. The normalized spacial score (nSPS) is 11.7. The second kappa shape index (κ2) is 10.7. The Labute approximate surface area is 164 Å². The van der Waals surface area contributed by atoms with Crippen molar-refractivity contribution in [1.82, 2.24) is 5.32 Å². The van der Waals surface area contributed by atoms with Gasteiger partial charge in [0.25, 0.3) is 5.91 Å². The van der Waals surface area contributed by atoms with Gasteiger partial charge in [-0.25, -0.2) is 0 Å². The van der Waals surface area contributed by atoms with Crippen LogP contribution in [0.2, 0.25) is 0 Å². The number of anilines is 2. The molecule has 1 unspecified atom stereocenters. The number of thioether (sulfide) groups is 1. The van der Waals surface area contributed by atoms with Crippen molar-refractivity contribution in [2.75, 3.05) is 35.3 Å². The van der Waals surface area contributed by atoms with E-state index in [4.69, 9.17) is 4.42 Å². The number of carbonyl (C=O) groups is 2. The molecule has 0 radical (unpaired) electrons. The van der Waals surface area contributed by atoms with Gasteiger partial charge in [0.05, 0.1) is 6.26 Å². The minimum Gasteiger partial charge on any atom is -0.459 e. The Kier molecular flexibility index (Phi) is 8.26. The first-order valence-electron chi connectivity index (χ1n) is 9.08. The molecule has 0 bridgehead atoms. The highest BCUT2D eigenvalue weighted by Crippen LogP contribution is 2.18. The van der Waals surface area contributed by atoms with Crippen molar-refractivity contribution in [2.45, 2.75) is 26.3 Å². The SMILES string of the molecule is CCN(CC)c1ccc(NC(=O)C(CCSC)NC(=O)c2ccco2)cc1. The second-order valence-electron chi connectivity index (χ2n) is 5.99. The number of benzene rings is 1. The Bertz CT molecular complexity index is 713. The highest BCUT2D eigenvalue weighted by molar-refractivity contribution is 7.98. The number of furan rings is 1. The van der Waals surface area contributed by atoms with E-state index in [0.29, 0.717) is 12.1 Å². The summed E-state index contributed by atoms with van der Waals surface area (Å²) in [5.74, 6) is 0.329. The lowest BCUT2D eigenvalue weighted by Crippen LogP contribution is -2.44. The van der Waals surface area contributed by atoms with Gasteiger partial charge in [0.1, 0.15) is 6.04 Å². The molecule has 1 heterocycles. The molecular weight excluding hydrogens is 362 g/mol. The third-order valence-corrected chi connectivity index (χ3v) is 4.88. The molecule has 2 rings (SSSR count). The minimum atomic E-state index is -0.627. The van der Waals surface area contributed by atoms with Gasteiger partial charge < -0.3 is 20.0 Å². The van der Waals surface area contributed by atoms with Gasteiger partial charge in [-0.2, -0.15) is 11.8 Å². The third kappa shape index (κ3) is 6.06. The molecule has 2 amide bonds. The van der Waals surface area contributed by atoms with E-state index in [1.54, 1.807) is 23.9 Å². The quantitative estimate of drug-likeness (QED) is 0.649. The molecule has 0 saturated carbocycles. The van der Waals surface area contributed by atoms with Gasteiger partial charge in [0.2, 0.25) is 5.91 Å². The Morgan fingerprint density at radius 3 is 2.41 bits per heavy atom. The first-order valence-corrected chi connectivity index (χ1v) is 10.5. The molecule has 7 heteroatoms. The van der Waals surface area contributed by atoms with E-state index in [1.165, 1.54) is 6.26 Å². The lowest BCUT2D eigenvalue weighted by molar-refractivity contribution is -0.118. The maximum Gasteiger partial charge on any atom is 0.287 e.